The van der Waals surface area contributed by atoms with Crippen LogP contribution in [0.15, 0.2) is 24.3 Å². The molecule has 5 heteroatoms. The van der Waals surface area contributed by atoms with Crippen molar-refractivity contribution in [3.63, 3.8) is 0 Å². The summed E-state index contributed by atoms with van der Waals surface area (Å²) in [6, 6.07) is 6.35. The molecule has 1 aromatic carbocycles. The Bertz CT molecular complexity index is 482. The quantitative estimate of drug-likeness (QED) is 0.911. The van der Waals surface area contributed by atoms with Crippen molar-refractivity contribution in [1.29, 1.82) is 0 Å². The van der Waals surface area contributed by atoms with Gasteiger partial charge in [0.1, 0.15) is 5.82 Å². The van der Waals surface area contributed by atoms with Crippen molar-refractivity contribution in [1.82, 2.24) is 10.2 Å². The number of hydrogen-bond donors (Lipinski definition) is 1. The molecule has 0 saturated carbocycles. The standard InChI is InChI=1S/C16H23FN2O2/c1-16(2,3)18-15(20)19-8-9-21-14(11-19)10-12-4-6-13(17)7-5-12/h4-7,14H,8-11H2,1-3H3,(H,18,20)/t14-/m1/s1. The number of morpholine rings is 1. The topological polar surface area (TPSA) is 41.6 Å². The second-order valence-electron chi connectivity index (χ2n) is 6.45. The summed E-state index contributed by atoms with van der Waals surface area (Å²) in [5.74, 6) is -0.241. The summed E-state index contributed by atoms with van der Waals surface area (Å²) in [4.78, 5) is 13.9. The summed E-state index contributed by atoms with van der Waals surface area (Å²) in [6.07, 6.45) is 0.634. The van der Waals surface area contributed by atoms with E-state index >= 15 is 0 Å². The summed E-state index contributed by atoms with van der Waals surface area (Å²) in [7, 11) is 0. The largest absolute Gasteiger partial charge is 0.374 e. The molecule has 0 radical (unpaired) electrons. The normalized spacial score (nSPS) is 19.4. The number of rotatable bonds is 2. The second kappa shape index (κ2) is 6.43. The van der Waals surface area contributed by atoms with Crippen molar-refractivity contribution in [2.75, 3.05) is 19.7 Å². The first-order valence-electron chi connectivity index (χ1n) is 7.26. The Labute approximate surface area is 125 Å². The van der Waals surface area contributed by atoms with Crippen molar-refractivity contribution in [3.05, 3.63) is 35.6 Å². The van der Waals surface area contributed by atoms with Crippen LogP contribution in [0.3, 0.4) is 0 Å². The highest BCUT2D eigenvalue weighted by molar-refractivity contribution is 5.75. The number of carbonyl (C=O) groups is 1. The highest BCUT2D eigenvalue weighted by Gasteiger charge is 2.26. The number of ether oxygens (including phenoxy) is 1. The number of nitrogens with zero attached hydrogens (tertiary/aromatic N) is 1. The van der Waals surface area contributed by atoms with Gasteiger partial charge < -0.3 is 15.0 Å². The average Bonchev–Trinajstić information content (AvgIpc) is 2.40. The van der Waals surface area contributed by atoms with Crippen LogP contribution in [0.2, 0.25) is 0 Å². The van der Waals surface area contributed by atoms with Gasteiger partial charge in [0.2, 0.25) is 0 Å². The van der Waals surface area contributed by atoms with Gasteiger partial charge in [0, 0.05) is 25.0 Å². The molecular weight excluding hydrogens is 271 g/mol. The van der Waals surface area contributed by atoms with Crippen molar-refractivity contribution in [3.8, 4) is 0 Å². The van der Waals surface area contributed by atoms with Gasteiger partial charge >= 0.3 is 6.03 Å². The first kappa shape index (κ1) is 15.8. The average molecular weight is 294 g/mol. The minimum atomic E-state index is -0.248. The number of halogens is 1. The Morgan fingerprint density at radius 1 is 1.38 bits per heavy atom. The van der Waals surface area contributed by atoms with Gasteiger partial charge in [-0.2, -0.15) is 0 Å². The van der Waals surface area contributed by atoms with Crippen LogP contribution in [0.25, 0.3) is 0 Å². The van der Waals surface area contributed by atoms with Gasteiger partial charge in [0.25, 0.3) is 0 Å². The van der Waals surface area contributed by atoms with E-state index in [9.17, 15) is 9.18 Å². The van der Waals surface area contributed by atoms with Crippen molar-refractivity contribution in [2.45, 2.75) is 38.8 Å². The molecular formula is C16H23FN2O2. The van der Waals surface area contributed by atoms with Crippen LogP contribution >= 0.6 is 0 Å². The van der Waals surface area contributed by atoms with Gasteiger partial charge in [-0.1, -0.05) is 12.1 Å². The highest BCUT2D eigenvalue weighted by atomic mass is 19.1. The third kappa shape index (κ3) is 5.01. The summed E-state index contributed by atoms with van der Waals surface area (Å²) in [5.41, 5.74) is 0.765. The number of carbonyl (C=O) groups excluding carboxylic acids is 1. The maximum Gasteiger partial charge on any atom is 0.317 e. The molecule has 2 amide bonds. The molecule has 1 fully saturated rings. The van der Waals surface area contributed by atoms with E-state index in [1.165, 1.54) is 12.1 Å². The van der Waals surface area contributed by atoms with Gasteiger partial charge in [-0.3, -0.25) is 0 Å². The highest BCUT2D eigenvalue weighted by Crippen LogP contribution is 2.13. The number of hydrogen-bond acceptors (Lipinski definition) is 2. The summed E-state index contributed by atoms with van der Waals surface area (Å²) < 4.78 is 18.6. The molecule has 21 heavy (non-hydrogen) atoms. The zero-order valence-electron chi connectivity index (χ0n) is 12.9. The Morgan fingerprint density at radius 2 is 2.05 bits per heavy atom. The van der Waals surface area contributed by atoms with Crippen LogP contribution in [0.1, 0.15) is 26.3 Å². The summed E-state index contributed by atoms with van der Waals surface area (Å²) in [5, 5.41) is 2.96. The van der Waals surface area contributed by atoms with Crippen LogP contribution in [0.5, 0.6) is 0 Å². The zero-order chi connectivity index (χ0) is 15.5. The van der Waals surface area contributed by atoms with E-state index in [0.29, 0.717) is 26.1 Å². The molecule has 0 bridgehead atoms. The van der Waals surface area contributed by atoms with Crippen LogP contribution < -0.4 is 5.32 Å². The van der Waals surface area contributed by atoms with Crippen molar-refractivity contribution in [2.24, 2.45) is 0 Å². The molecule has 0 aromatic heterocycles. The molecule has 1 atom stereocenters. The molecule has 0 aliphatic carbocycles. The molecule has 1 saturated heterocycles. The van der Waals surface area contributed by atoms with E-state index in [1.807, 2.05) is 20.8 Å². The van der Waals surface area contributed by atoms with E-state index in [0.717, 1.165) is 5.56 Å². The molecule has 1 heterocycles. The minimum Gasteiger partial charge on any atom is -0.374 e. The van der Waals surface area contributed by atoms with Crippen molar-refractivity contribution >= 4 is 6.03 Å². The maximum atomic E-state index is 12.9. The fraction of sp³-hybridized carbons (Fsp3) is 0.562. The van der Waals surface area contributed by atoms with E-state index in [2.05, 4.69) is 5.32 Å². The predicted molar refractivity (Wildman–Crippen MR) is 79.7 cm³/mol. The Balaban J connectivity index is 1.91. The van der Waals surface area contributed by atoms with Gasteiger partial charge in [0.15, 0.2) is 0 Å². The summed E-state index contributed by atoms with van der Waals surface area (Å²) in [6.45, 7) is 7.56. The van der Waals surface area contributed by atoms with Gasteiger partial charge in [-0.15, -0.1) is 0 Å². The fourth-order valence-corrected chi connectivity index (χ4v) is 2.31. The van der Waals surface area contributed by atoms with E-state index < -0.39 is 0 Å². The second-order valence-corrected chi connectivity index (χ2v) is 6.45. The fourth-order valence-electron chi connectivity index (χ4n) is 2.31. The van der Waals surface area contributed by atoms with E-state index in [4.69, 9.17) is 4.74 Å². The molecule has 2 rings (SSSR count). The molecule has 4 nitrogen and oxygen atoms in total. The summed E-state index contributed by atoms with van der Waals surface area (Å²) >= 11 is 0. The van der Waals surface area contributed by atoms with Gasteiger partial charge in [0.05, 0.1) is 12.7 Å². The molecule has 1 N–H and O–H groups in total. The smallest absolute Gasteiger partial charge is 0.317 e. The third-order valence-electron chi connectivity index (χ3n) is 3.28. The van der Waals surface area contributed by atoms with Crippen LogP contribution in [0, 0.1) is 5.82 Å². The van der Waals surface area contributed by atoms with Crippen molar-refractivity contribution < 1.29 is 13.9 Å². The predicted octanol–water partition coefficient (Wildman–Crippen LogP) is 2.58. The molecule has 116 valence electrons. The Hall–Kier alpha value is -1.62. The first-order chi connectivity index (χ1) is 9.83. The van der Waals surface area contributed by atoms with Crippen LogP contribution in [0.4, 0.5) is 9.18 Å². The molecule has 0 unspecified atom stereocenters. The van der Waals surface area contributed by atoms with Crippen LogP contribution in [-0.4, -0.2) is 42.3 Å². The molecule has 1 aromatic rings. The number of amides is 2. The zero-order valence-corrected chi connectivity index (χ0v) is 12.9. The number of urea groups is 1. The molecule has 0 spiro atoms. The first-order valence-corrected chi connectivity index (χ1v) is 7.26. The third-order valence-corrected chi connectivity index (χ3v) is 3.28. The maximum absolute atomic E-state index is 12.9. The lowest BCUT2D eigenvalue weighted by atomic mass is 10.1. The molecule has 1 aliphatic rings. The number of benzene rings is 1. The molecule has 1 aliphatic heterocycles. The van der Waals surface area contributed by atoms with Gasteiger partial charge in [-0.25, -0.2) is 9.18 Å². The lowest BCUT2D eigenvalue weighted by Crippen LogP contribution is -2.54. The lowest BCUT2D eigenvalue weighted by Gasteiger charge is -2.35. The number of nitrogens with one attached hydrogen (secondary N) is 1. The van der Waals surface area contributed by atoms with E-state index in [1.54, 1.807) is 17.0 Å². The lowest BCUT2D eigenvalue weighted by molar-refractivity contribution is -0.0140. The minimum absolute atomic E-state index is 0.0464. The Kier molecular flexibility index (Phi) is 4.83. The van der Waals surface area contributed by atoms with E-state index in [-0.39, 0.29) is 23.5 Å². The Morgan fingerprint density at radius 3 is 2.67 bits per heavy atom. The van der Waals surface area contributed by atoms with Crippen LogP contribution in [-0.2, 0) is 11.2 Å². The van der Waals surface area contributed by atoms with Gasteiger partial charge in [-0.05, 0) is 38.5 Å². The SMILES string of the molecule is CC(C)(C)NC(=O)N1CCO[C@H](Cc2ccc(F)cc2)C1. The monoisotopic (exact) mass is 294 g/mol.